The summed E-state index contributed by atoms with van der Waals surface area (Å²) in [6.45, 7) is 34.4. The predicted octanol–water partition coefficient (Wildman–Crippen LogP) is 22.4. The van der Waals surface area contributed by atoms with Crippen molar-refractivity contribution in [1.29, 1.82) is 0 Å². The minimum Gasteiger partial charge on any atom is -0.465 e. The number of ether oxygens (including phenoxy) is 5. The Hall–Kier alpha value is -10.9. The van der Waals surface area contributed by atoms with E-state index in [0.29, 0.717) is 75.0 Å². The van der Waals surface area contributed by atoms with E-state index in [4.69, 9.17) is 23.7 Å². The number of nitrogens with one attached hydrogen (secondary N) is 10. The van der Waals surface area contributed by atoms with Crippen LogP contribution >= 0.6 is 79.4 Å². The van der Waals surface area contributed by atoms with Crippen molar-refractivity contribution in [3.8, 4) is 0 Å². The van der Waals surface area contributed by atoms with Crippen LogP contribution in [0.4, 0.5) is 76.2 Å². The van der Waals surface area contributed by atoms with Gasteiger partial charge in [0.25, 0.3) is 0 Å². The molecular weight excluding hydrogens is 1620 g/mol. The van der Waals surface area contributed by atoms with Crippen molar-refractivity contribution in [3.63, 3.8) is 0 Å². The summed E-state index contributed by atoms with van der Waals surface area (Å²) in [4.78, 5) is 126. The molecule has 10 rings (SSSR count). The minimum atomic E-state index is -0.485. The quantitative estimate of drug-likeness (QED) is 0.0282. The number of esters is 5. The van der Waals surface area contributed by atoms with Gasteiger partial charge in [-0.05, 0) is 134 Å². The van der Waals surface area contributed by atoms with E-state index in [1.807, 2.05) is 176 Å². The first-order valence-electron chi connectivity index (χ1n) is 36.2. The van der Waals surface area contributed by atoms with Gasteiger partial charge in [0.15, 0.2) is 0 Å². The third-order valence-electron chi connectivity index (χ3n) is 15.8. The SMILES string of the molecule is CCc1nnc(NC(=O)Nc2sc(C(C)(C)C)cc2C(=O)OC)s1.COC(=O)c1cc(C(C)(C)C)sc1NC(=O)Nc1ccc(C)cc1.COC(=O)c1cc(C(C)(C)C)sc1NC(=O)Nc1ccccc1.COC(=O)c1cc(C(C)C)sc1NC(=O)Nc1ccc(C)cc1.COC(=O)c1cc(C(C)C)sc1NC(=O)Nc1ccc(C)s1. The van der Waals surface area contributed by atoms with Crippen LogP contribution in [-0.2, 0) is 46.4 Å². The van der Waals surface area contributed by atoms with Crippen molar-refractivity contribution in [2.24, 2.45) is 0 Å². The van der Waals surface area contributed by atoms with Gasteiger partial charge in [0.05, 0.1) is 68.4 Å². The Kier molecular flexibility index (Phi) is 35.0. The van der Waals surface area contributed by atoms with E-state index in [1.165, 1.54) is 115 Å². The fraction of sp³-hybridized carbons (Fsp3) is 0.341. The van der Waals surface area contributed by atoms with Crippen LogP contribution in [0.3, 0.4) is 0 Å². The molecule has 0 saturated heterocycles. The third-order valence-corrected chi connectivity index (χ3v) is 24.9. The summed E-state index contributed by atoms with van der Waals surface area (Å²) in [5.74, 6) is -1.80. The first-order chi connectivity index (χ1) is 54.6. The second-order valence-electron chi connectivity index (χ2n) is 29.1. The normalized spacial score (nSPS) is 10.9. The van der Waals surface area contributed by atoms with Crippen molar-refractivity contribution in [2.45, 2.75) is 152 Å². The van der Waals surface area contributed by atoms with Crippen molar-refractivity contribution >= 4 is 192 Å². The number of aryl methyl sites for hydroxylation is 4. The summed E-state index contributed by atoms with van der Waals surface area (Å²) in [5, 5.41) is 39.5. The number of aromatic nitrogens is 2. The third kappa shape index (κ3) is 28.8. The van der Waals surface area contributed by atoms with Crippen LogP contribution in [0.25, 0.3) is 0 Å². The van der Waals surface area contributed by atoms with E-state index in [2.05, 4.69) is 84.1 Å². The van der Waals surface area contributed by atoms with Gasteiger partial charge >= 0.3 is 60.0 Å². The maximum absolute atomic E-state index is 12.2. The van der Waals surface area contributed by atoms with E-state index in [-0.39, 0.29) is 34.1 Å². The zero-order valence-corrected chi connectivity index (χ0v) is 74.5. The van der Waals surface area contributed by atoms with Gasteiger partial charge < -0.3 is 39.6 Å². The van der Waals surface area contributed by atoms with Crippen LogP contribution in [-0.4, -0.2) is 106 Å². The number of amides is 10. The Labute approximate surface area is 703 Å². The highest BCUT2D eigenvalue weighted by Gasteiger charge is 2.29. The molecule has 116 heavy (non-hydrogen) atoms. The lowest BCUT2D eigenvalue weighted by molar-refractivity contribution is 0.0593. The maximum Gasteiger partial charge on any atom is 0.340 e. The average molecular weight is 1720 g/mol. The van der Waals surface area contributed by atoms with Gasteiger partial charge in [0.2, 0.25) is 5.13 Å². The number of hydrogen-bond acceptors (Lipinski definition) is 24. The number of carbonyl (C=O) groups is 10. The Balaban J connectivity index is 0.000000225. The summed E-state index contributed by atoms with van der Waals surface area (Å²) >= 11 is 9.68. The fourth-order valence-electron chi connectivity index (χ4n) is 9.46. The largest absolute Gasteiger partial charge is 0.465 e. The summed E-state index contributed by atoms with van der Waals surface area (Å²) in [7, 11) is 6.62. The number of hydrogen-bond donors (Lipinski definition) is 10. The molecule has 27 nitrogen and oxygen atoms in total. The van der Waals surface area contributed by atoms with Crippen molar-refractivity contribution in [2.75, 3.05) is 88.7 Å². The van der Waals surface area contributed by atoms with Crippen LogP contribution in [0.5, 0.6) is 0 Å². The molecule has 34 heteroatoms. The number of benzene rings is 3. The molecule has 0 unspecified atom stereocenters. The highest BCUT2D eigenvalue weighted by Crippen LogP contribution is 2.41. The van der Waals surface area contributed by atoms with Crippen molar-refractivity contribution < 1.29 is 71.6 Å². The molecule has 0 saturated carbocycles. The predicted molar refractivity (Wildman–Crippen MR) is 473 cm³/mol. The standard InChI is InChI=1S/C18H22N2O3S.2C17H20N2O3S.C15H20N4O3S2.C15H18N2O3S2/c1-11-6-8-12(9-7-11)19-17(22)20-15-13(16(21)23-5)10-14(24-15)18(2,3)4;1-10(2)14-9-13(16(20)22-4)15(23-14)19-17(21)18-12-7-5-11(3)6-8-12;1-17(2,3)13-10-12(15(20)22-4)14(23-13)19-16(21)18-11-8-6-5-7-9-11;1-6-10-18-19-14(24-10)17-13(21)16-11-8(12(20)22-5)7-9(23-11)15(2,3)4;1-8(2)11-7-10(14(18)20-4)13(22-11)17-15(19)16-12-6-5-9(3)21-12/h6-10H,1-5H3,(H2,19,20,22);2*5-10H,1-4H3,(H2,18,19,21);7H,6H2,1-5H3,(H2,16,17,19,21);5-8H,1-4H3,(H2,16,17,19). The Bertz CT molecular complexity index is 5030. The number of nitrogens with zero attached hydrogens (tertiary/aromatic N) is 2. The van der Waals surface area contributed by atoms with E-state index in [0.717, 1.165) is 56.8 Å². The zero-order chi connectivity index (χ0) is 86.1. The molecular formula is C82H100N12O15S7. The lowest BCUT2D eigenvalue weighted by atomic mass is 9.94. The van der Waals surface area contributed by atoms with E-state index < -0.39 is 54.0 Å². The number of rotatable bonds is 18. The maximum atomic E-state index is 12.2. The van der Waals surface area contributed by atoms with Crippen LogP contribution < -0.4 is 53.2 Å². The first kappa shape index (κ1) is 94.0. The van der Waals surface area contributed by atoms with Crippen LogP contribution in [0.1, 0.15) is 206 Å². The second-order valence-corrected chi connectivity index (χ2v) is 36.8. The molecule has 7 aromatic heterocycles. The van der Waals surface area contributed by atoms with Crippen LogP contribution in [0.15, 0.2) is 121 Å². The monoisotopic (exact) mass is 1720 g/mol. The van der Waals surface area contributed by atoms with E-state index in [1.54, 1.807) is 42.5 Å². The molecule has 0 spiro atoms. The molecule has 620 valence electrons. The number of anilines is 10. The second kappa shape index (κ2) is 43.2. The Morgan fingerprint density at radius 2 is 0.647 bits per heavy atom. The number of carbonyl (C=O) groups excluding carboxylic acids is 10. The smallest absolute Gasteiger partial charge is 0.340 e. The summed E-state index contributed by atoms with van der Waals surface area (Å²) in [6.07, 6.45) is 0.757. The van der Waals surface area contributed by atoms with Gasteiger partial charge in [-0.25, -0.2) is 47.9 Å². The van der Waals surface area contributed by atoms with Gasteiger partial charge in [0.1, 0.15) is 30.0 Å². The molecule has 10 N–H and O–H groups in total. The number of thiophene rings is 6. The molecule has 10 amide bonds. The highest BCUT2D eigenvalue weighted by atomic mass is 32.1. The summed E-state index contributed by atoms with van der Waals surface area (Å²) in [6, 6.07) is 34.6. The fourth-order valence-corrected chi connectivity index (χ4v) is 16.3. The van der Waals surface area contributed by atoms with E-state index >= 15 is 0 Å². The Morgan fingerprint density at radius 3 is 0.931 bits per heavy atom. The summed E-state index contributed by atoms with van der Waals surface area (Å²) in [5.41, 5.74) is 5.73. The molecule has 3 aromatic carbocycles. The highest BCUT2D eigenvalue weighted by molar-refractivity contribution is 7.19. The van der Waals surface area contributed by atoms with Crippen LogP contribution in [0, 0.1) is 20.8 Å². The molecule has 0 aliphatic heterocycles. The van der Waals surface area contributed by atoms with Gasteiger partial charge in [-0.15, -0.1) is 78.2 Å². The van der Waals surface area contributed by atoms with Gasteiger partial charge in [-0.2, -0.15) is 0 Å². The van der Waals surface area contributed by atoms with Crippen molar-refractivity contribution in [3.05, 3.63) is 195 Å². The molecule has 10 aromatic rings. The molecule has 0 aliphatic carbocycles. The molecule has 0 bridgehead atoms. The Morgan fingerprint density at radius 1 is 0.345 bits per heavy atom. The van der Waals surface area contributed by atoms with E-state index in [9.17, 15) is 47.9 Å². The molecule has 7 heterocycles. The average Bonchev–Trinajstić information content (AvgIpc) is 1.68. The molecule has 0 fully saturated rings. The number of para-hydroxylation sites is 1. The topological polar surface area (TPSA) is 363 Å². The van der Waals surface area contributed by atoms with Crippen LogP contribution in [0.2, 0.25) is 0 Å². The number of methoxy groups -OCH3 is 5. The first-order valence-corrected chi connectivity index (χ1v) is 41.9. The van der Waals surface area contributed by atoms with Gasteiger partial charge in [0, 0.05) is 46.3 Å². The molecule has 0 aliphatic rings. The van der Waals surface area contributed by atoms with Gasteiger partial charge in [-0.1, -0.05) is 162 Å². The molecule has 0 radical (unpaired) electrons. The minimum absolute atomic E-state index is 0.122. The molecule has 0 atom stereocenters. The summed E-state index contributed by atoms with van der Waals surface area (Å²) < 4.78 is 24.0. The van der Waals surface area contributed by atoms with Crippen molar-refractivity contribution in [1.82, 2.24) is 10.2 Å². The lowest BCUT2D eigenvalue weighted by Crippen LogP contribution is -2.20. The number of urea groups is 5. The zero-order valence-electron chi connectivity index (χ0n) is 68.8. The lowest BCUT2D eigenvalue weighted by Gasteiger charge is -2.15. The van der Waals surface area contributed by atoms with Gasteiger partial charge in [-0.3, -0.25) is 37.2 Å².